The van der Waals surface area contributed by atoms with E-state index in [9.17, 15) is 5.26 Å². The van der Waals surface area contributed by atoms with Crippen molar-refractivity contribution in [2.75, 3.05) is 45.7 Å². The molecule has 2 saturated heterocycles. The lowest BCUT2D eigenvalue weighted by atomic mass is 9.84. The van der Waals surface area contributed by atoms with Crippen molar-refractivity contribution in [3.8, 4) is 11.8 Å². The second-order valence-corrected chi connectivity index (χ2v) is 9.60. The van der Waals surface area contributed by atoms with Crippen molar-refractivity contribution in [2.24, 2.45) is 5.92 Å². The van der Waals surface area contributed by atoms with Gasteiger partial charge < -0.3 is 20.1 Å². The zero-order valence-electron chi connectivity index (χ0n) is 19.6. The minimum atomic E-state index is -0.253. The Balaban J connectivity index is 1.52. The van der Waals surface area contributed by atoms with E-state index in [2.05, 4.69) is 20.9 Å². The molecular formula is C24H28ClN7O2. The summed E-state index contributed by atoms with van der Waals surface area (Å²) in [6, 6.07) is 3.87. The number of fused-ring (bicyclic) bond motifs is 1. The number of benzene rings is 1. The number of rotatable bonds is 6. The number of nitriles is 1. The Kier molecular flexibility index (Phi) is 6.06. The van der Waals surface area contributed by atoms with Gasteiger partial charge in [0.05, 0.1) is 41.4 Å². The summed E-state index contributed by atoms with van der Waals surface area (Å²) in [5, 5.41) is 15.8. The van der Waals surface area contributed by atoms with Gasteiger partial charge in [-0.15, -0.1) is 0 Å². The van der Waals surface area contributed by atoms with E-state index >= 15 is 0 Å². The summed E-state index contributed by atoms with van der Waals surface area (Å²) in [6.45, 7) is 8.33. The number of aromatic nitrogens is 4. The normalized spacial score (nSPS) is 19.8. The number of ether oxygens (including phenoxy) is 2. The molecule has 0 aliphatic carbocycles. The smallest absolute Gasteiger partial charge is 0.164 e. The van der Waals surface area contributed by atoms with Crippen LogP contribution in [0.1, 0.15) is 47.7 Å². The summed E-state index contributed by atoms with van der Waals surface area (Å²) >= 11 is 6.66. The summed E-state index contributed by atoms with van der Waals surface area (Å²) in [7, 11) is 1.64. The van der Waals surface area contributed by atoms with Crippen molar-refractivity contribution >= 4 is 28.5 Å². The number of halogens is 1. The molecule has 2 aliphatic heterocycles. The first-order valence-corrected chi connectivity index (χ1v) is 11.9. The Hall–Kier alpha value is -2.93. The molecule has 2 atom stereocenters. The number of nitrogens with zero attached hydrogens (tertiary/aromatic N) is 6. The molecule has 4 heterocycles. The van der Waals surface area contributed by atoms with E-state index in [1.165, 1.54) is 6.33 Å². The van der Waals surface area contributed by atoms with Gasteiger partial charge in [0.1, 0.15) is 24.0 Å². The van der Waals surface area contributed by atoms with E-state index in [1.807, 2.05) is 24.6 Å². The minimum Gasteiger partial charge on any atom is -0.496 e. The number of hydrogen-bond donors (Lipinski definition) is 1. The van der Waals surface area contributed by atoms with Gasteiger partial charge in [0.25, 0.3) is 0 Å². The molecule has 9 nitrogen and oxygen atoms in total. The zero-order chi connectivity index (χ0) is 24.0. The first-order chi connectivity index (χ1) is 16.4. The van der Waals surface area contributed by atoms with E-state index in [4.69, 9.17) is 31.9 Å². The van der Waals surface area contributed by atoms with Crippen LogP contribution >= 0.6 is 11.6 Å². The molecule has 2 aliphatic rings. The van der Waals surface area contributed by atoms with Gasteiger partial charge in [0, 0.05) is 43.3 Å². The van der Waals surface area contributed by atoms with Crippen molar-refractivity contribution in [3.05, 3.63) is 39.8 Å². The predicted octanol–water partition coefficient (Wildman–Crippen LogP) is 3.30. The van der Waals surface area contributed by atoms with Gasteiger partial charge in [-0.25, -0.2) is 14.6 Å². The number of anilines is 1. The molecule has 5 rings (SSSR count). The molecule has 0 amide bonds. The third kappa shape index (κ3) is 3.76. The molecule has 34 heavy (non-hydrogen) atoms. The van der Waals surface area contributed by atoms with Crippen LogP contribution in [0, 0.1) is 24.2 Å². The Labute approximate surface area is 203 Å². The molecule has 0 saturated carbocycles. The molecule has 10 heteroatoms. The highest BCUT2D eigenvalue weighted by molar-refractivity contribution is 6.32. The van der Waals surface area contributed by atoms with Crippen LogP contribution in [0.3, 0.4) is 0 Å². The SMILES string of the molecule is COc1c(C(C)n2nc(C)c3c(N)ncnc32)cc(Cl)c(C#N)c1C1CN(C[C@@H]2CCOC2)C1. The number of nitrogens with two attached hydrogens (primary N) is 1. The third-order valence-electron chi connectivity index (χ3n) is 7.03. The number of aryl methyl sites for hydroxylation is 1. The van der Waals surface area contributed by atoms with Gasteiger partial charge in [0.15, 0.2) is 5.65 Å². The highest BCUT2D eigenvalue weighted by Gasteiger charge is 2.36. The first-order valence-electron chi connectivity index (χ1n) is 11.5. The lowest BCUT2D eigenvalue weighted by molar-refractivity contribution is 0.111. The van der Waals surface area contributed by atoms with Gasteiger partial charge in [-0.1, -0.05) is 11.6 Å². The molecule has 2 N–H and O–H groups in total. The van der Waals surface area contributed by atoms with E-state index < -0.39 is 0 Å². The molecule has 2 fully saturated rings. The van der Waals surface area contributed by atoms with Gasteiger partial charge in [-0.2, -0.15) is 10.4 Å². The highest BCUT2D eigenvalue weighted by Crippen LogP contribution is 2.44. The first kappa shape index (κ1) is 22.8. The number of methoxy groups -OCH3 is 1. The molecule has 0 radical (unpaired) electrons. The fourth-order valence-corrected chi connectivity index (χ4v) is 5.54. The van der Waals surface area contributed by atoms with E-state index in [1.54, 1.807) is 7.11 Å². The monoisotopic (exact) mass is 481 g/mol. The van der Waals surface area contributed by atoms with Gasteiger partial charge in [-0.3, -0.25) is 0 Å². The number of nitrogen functional groups attached to an aromatic ring is 1. The fraction of sp³-hybridized carbons (Fsp3) is 0.500. The molecule has 178 valence electrons. The zero-order valence-corrected chi connectivity index (χ0v) is 20.3. The second-order valence-electron chi connectivity index (χ2n) is 9.19. The summed E-state index contributed by atoms with van der Waals surface area (Å²) < 4.78 is 13.3. The van der Waals surface area contributed by atoms with Crippen LogP contribution in [0.2, 0.25) is 5.02 Å². The molecule has 0 bridgehead atoms. The van der Waals surface area contributed by atoms with Gasteiger partial charge in [-0.05, 0) is 32.3 Å². The van der Waals surface area contributed by atoms with E-state index in [0.717, 1.165) is 61.5 Å². The lowest BCUT2D eigenvalue weighted by Crippen LogP contribution is -2.47. The molecule has 1 unspecified atom stereocenters. The van der Waals surface area contributed by atoms with Crippen LogP contribution in [-0.4, -0.2) is 64.6 Å². The van der Waals surface area contributed by atoms with E-state index in [0.29, 0.717) is 33.7 Å². The topological polar surface area (TPSA) is 115 Å². The molecule has 3 aromatic rings. The Morgan fingerprint density at radius 3 is 2.85 bits per heavy atom. The average molecular weight is 482 g/mol. The van der Waals surface area contributed by atoms with Crippen molar-refractivity contribution in [2.45, 2.75) is 32.2 Å². The third-order valence-corrected chi connectivity index (χ3v) is 7.33. The van der Waals surface area contributed by atoms with Crippen LogP contribution in [-0.2, 0) is 4.74 Å². The van der Waals surface area contributed by atoms with E-state index in [-0.39, 0.29) is 12.0 Å². The summed E-state index contributed by atoms with van der Waals surface area (Å²) in [6.07, 6.45) is 2.55. The summed E-state index contributed by atoms with van der Waals surface area (Å²) in [5.41, 5.74) is 9.70. The van der Waals surface area contributed by atoms with Crippen LogP contribution < -0.4 is 10.5 Å². The average Bonchev–Trinajstić information content (AvgIpc) is 3.43. The van der Waals surface area contributed by atoms with Crippen molar-refractivity contribution in [1.29, 1.82) is 5.26 Å². The van der Waals surface area contributed by atoms with Crippen molar-refractivity contribution in [1.82, 2.24) is 24.6 Å². The predicted molar refractivity (Wildman–Crippen MR) is 129 cm³/mol. The van der Waals surface area contributed by atoms with Crippen molar-refractivity contribution in [3.63, 3.8) is 0 Å². The van der Waals surface area contributed by atoms with Crippen LogP contribution in [0.4, 0.5) is 5.82 Å². The van der Waals surface area contributed by atoms with Crippen molar-refractivity contribution < 1.29 is 9.47 Å². The van der Waals surface area contributed by atoms with Gasteiger partial charge >= 0.3 is 0 Å². The molecule has 0 spiro atoms. The highest BCUT2D eigenvalue weighted by atomic mass is 35.5. The van der Waals surface area contributed by atoms with Crippen LogP contribution in [0.25, 0.3) is 11.0 Å². The number of likely N-dealkylation sites (tertiary alicyclic amines) is 1. The largest absolute Gasteiger partial charge is 0.496 e. The molecular weight excluding hydrogens is 454 g/mol. The lowest BCUT2D eigenvalue weighted by Gasteiger charge is -2.42. The Bertz CT molecular complexity index is 1270. The van der Waals surface area contributed by atoms with Crippen LogP contribution in [0.15, 0.2) is 12.4 Å². The van der Waals surface area contributed by atoms with Gasteiger partial charge in [0.2, 0.25) is 0 Å². The maximum atomic E-state index is 9.94. The Morgan fingerprint density at radius 1 is 1.38 bits per heavy atom. The minimum absolute atomic E-state index is 0.172. The Morgan fingerprint density at radius 2 is 2.18 bits per heavy atom. The molecule has 2 aromatic heterocycles. The number of hydrogen-bond acceptors (Lipinski definition) is 8. The fourth-order valence-electron chi connectivity index (χ4n) is 5.28. The maximum absolute atomic E-state index is 9.94. The van der Waals surface area contributed by atoms with Crippen LogP contribution in [0.5, 0.6) is 5.75 Å². The standard InChI is InChI=1S/C24H28ClN7O2/c1-13-20-23(27)28-12-29-24(20)32(30-13)14(2)17-6-19(25)18(7-26)21(22(17)33-3)16-9-31(10-16)8-15-4-5-34-11-15/h6,12,14-16H,4-5,8-11H2,1-3H3,(H2,27,28,29)/t14?,15-/m0/s1. The second kappa shape index (κ2) is 9.02. The maximum Gasteiger partial charge on any atom is 0.164 e. The quantitative estimate of drug-likeness (QED) is 0.570. The summed E-state index contributed by atoms with van der Waals surface area (Å²) in [4.78, 5) is 10.9. The summed E-state index contributed by atoms with van der Waals surface area (Å²) in [5.74, 6) is 1.84. The molecule has 1 aromatic carbocycles.